The topological polar surface area (TPSA) is 55.9 Å². The van der Waals surface area contributed by atoms with Gasteiger partial charge in [0, 0.05) is 29.7 Å². The zero-order valence-corrected chi connectivity index (χ0v) is 33.9. The van der Waals surface area contributed by atoms with Crippen molar-refractivity contribution in [3.8, 4) is 51.2 Å². The van der Waals surface area contributed by atoms with Gasteiger partial charge in [0.25, 0.3) is 0 Å². The van der Waals surface area contributed by atoms with Crippen molar-refractivity contribution < 1.29 is 5.11 Å². The minimum Gasteiger partial charge on any atom is -0.507 e. The predicted octanol–water partition coefficient (Wildman–Crippen LogP) is 13.5. The van der Waals surface area contributed by atoms with Crippen LogP contribution in [0.2, 0.25) is 0 Å². The van der Waals surface area contributed by atoms with E-state index in [4.69, 9.17) is 9.97 Å². The summed E-state index contributed by atoms with van der Waals surface area (Å²) in [5.41, 5.74) is 13.9. The van der Waals surface area contributed by atoms with E-state index in [9.17, 15) is 5.11 Å². The Morgan fingerprint density at radius 2 is 1.00 bits per heavy atom. The van der Waals surface area contributed by atoms with Crippen molar-refractivity contribution in [2.45, 2.75) is 119 Å². The fourth-order valence-corrected chi connectivity index (χ4v) is 7.45. The van der Waals surface area contributed by atoms with Gasteiger partial charge in [0.2, 0.25) is 0 Å². The maximum Gasteiger partial charge on any atom is 0.148 e. The second kappa shape index (κ2) is 15.2. The number of aromatic nitrogens is 4. The first-order valence-electron chi connectivity index (χ1n) is 19.6. The molecule has 0 saturated carbocycles. The first kappa shape index (κ1) is 37.8. The van der Waals surface area contributed by atoms with Crippen molar-refractivity contribution in [2.24, 2.45) is 0 Å². The monoisotopic (exact) mass is 706 g/mol. The lowest BCUT2D eigenvalue weighted by Gasteiger charge is -2.24. The molecule has 0 aliphatic carbocycles. The molecule has 0 spiro atoms. The van der Waals surface area contributed by atoms with Crippen LogP contribution >= 0.6 is 0 Å². The van der Waals surface area contributed by atoms with Crippen molar-refractivity contribution in [2.75, 3.05) is 0 Å². The smallest absolute Gasteiger partial charge is 0.148 e. The Balaban J connectivity index is 1.57. The summed E-state index contributed by atoms with van der Waals surface area (Å²) in [6.45, 7) is 27.3. The van der Waals surface area contributed by atoms with Crippen LogP contribution < -0.4 is 0 Å². The number of hydrogen-bond acceptors (Lipinski definition) is 3. The molecule has 0 radical (unpaired) electrons. The second-order valence-electron chi connectivity index (χ2n) is 16.6. The Kier molecular flexibility index (Phi) is 10.9. The second-order valence-corrected chi connectivity index (χ2v) is 16.6. The van der Waals surface area contributed by atoms with Gasteiger partial charge in [-0.05, 0) is 87.1 Å². The summed E-state index contributed by atoms with van der Waals surface area (Å²) in [7, 11) is 0. The average Bonchev–Trinajstić information content (AvgIpc) is 3.79. The first-order valence-corrected chi connectivity index (χ1v) is 19.6. The summed E-state index contributed by atoms with van der Waals surface area (Å²) in [5.74, 6) is 3.96. The molecule has 2 heterocycles. The van der Waals surface area contributed by atoms with Crippen molar-refractivity contribution in [3.05, 3.63) is 125 Å². The Morgan fingerprint density at radius 3 is 1.49 bits per heavy atom. The number of phenols is 1. The number of imidazole rings is 2. The Morgan fingerprint density at radius 1 is 0.509 bits per heavy atom. The Bertz CT molecular complexity index is 2170. The van der Waals surface area contributed by atoms with Crippen LogP contribution in [-0.4, -0.2) is 24.2 Å². The molecule has 0 saturated heterocycles. The van der Waals surface area contributed by atoms with Crippen LogP contribution in [0.25, 0.3) is 45.4 Å². The molecule has 5 heteroatoms. The van der Waals surface area contributed by atoms with Gasteiger partial charge in [-0.2, -0.15) is 0 Å². The number of nitrogens with zero attached hydrogens (tertiary/aromatic N) is 4. The van der Waals surface area contributed by atoms with Crippen LogP contribution in [0.3, 0.4) is 0 Å². The van der Waals surface area contributed by atoms with Crippen molar-refractivity contribution in [1.82, 2.24) is 19.1 Å². The van der Waals surface area contributed by atoms with Crippen molar-refractivity contribution in [3.63, 3.8) is 0 Å². The predicted molar refractivity (Wildman–Crippen MR) is 223 cm³/mol. The fourth-order valence-electron chi connectivity index (χ4n) is 7.45. The van der Waals surface area contributed by atoms with Crippen molar-refractivity contribution >= 4 is 0 Å². The molecule has 6 aromatic rings. The molecule has 0 aliphatic rings. The minimum absolute atomic E-state index is 0.211. The summed E-state index contributed by atoms with van der Waals surface area (Å²) in [6.07, 6.45) is 6.18. The standard InChI is InChI=1S/C48H58N4O/c1-28(2)36-23-39(30(5)6)45(40(24-36)31(7)8)51-21-20-49-47(51)35-17-15-16-34(22-35)43-27-52(48(50-43)38-18-13-14-19-44(38)53)46-41(32(9)10)25-37(29(3)4)26-42(46)33(11)12/h13-33,53H,1-12H3. The summed E-state index contributed by atoms with van der Waals surface area (Å²) >= 11 is 0. The lowest BCUT2D eigenvalue weighted by atomic mass is 9.87. The van der Waals surface area contributed by atoms with Gasteiger partial charge in [0.05, 0.1) is 22.6 Å². The molecule has 2 aromatic heterocycles. The molecule has 5 nitrogen and oxygen atoms in total. The molecule has 53 heavy (non-hydrogen) atoms. The number of rotatable bonds is 11. The molecule has 0 unspecified atom stereocenters. The van der Waals surface area contributed by atoms with E-state index in [1.54, 1.807) is 6.07 Å². The van der Waals surface area contributed by atoms with Gasteiger partial charge in [-0.25, -0.2) is 9.97 Å². The molecular weight excluding hydrogens is 649 g/mol. The van der Waals surface area contributed by atoms with Gasteiger partial charge < -0.3 is 5.11 Å². The normalized spacial score (nSPS) is 12.1. The molecule has 0 bridgehead atoms. The number of benzene rings is 4. The van der Waals surface area contributed by atoms with Gasteiger partial charge in [0.15, 0.2) is 0 Å². The van der Waals surface area contributed by atoms with E-state index >= 15 is 0 Å². The van der Waals surface area contributed by atoms with Crippen LogP contribution in [0.15, 0.2) is 91.4 Å². The molecule has 276 valence electrons. The van der Waals surface area contributed by atoms with Gasteiger partial charge in [-0.15, -0.1) is 0 Å². The highest BCUT2D eigenvalue weighted by atomic mass is 16.3. The van der Waals surface area contributed by atoms with E-state index in [1.807, 2.05) is 24.4 Å². The third-order valence-electron chi connectivity index (χ3n) is 10.6. The summed E-state index contributed by atoms with van der Waals surface area (Å²) < 4.78 is 4.52. The molecule has 0 aliphatic heterocycles. The van der Waals surface area contributed by atoms with Gasteiger partial charge >= 0.3 is 0 Å². The molecule has 6 rings (SSSR count). The molecule has 0 amide bonds. The minimum atomic E-state index is 0.211. The van der Waals surface area contributed by atoms with E-state index in [1.165, 1.54) is 39.1 Å². The number of phenolic OH excluding ortho intramolecular Hbond substituents is 1. The fraction of sp³-hybridized carbons (Fsp3) is 0.375. The van der Waals surface area contributed by atoms with E-state index < -0.39 is 0 Å². The van der Waals surface area contributed by atoms with Gasteiger partial charge in [-0.1, -0.05) is 138 Å². The van der Waals surface area contributed by atoms with E-state index in [2.05, 4.69) is 153 Å². The highest BCUT2D eigenvalue weighted by molar-refractivity contribution is 5.75. The zero-order valence-electron chi connectivity index (χ0n) is 33.9. The maximum absolute atomic E-state index is 11.2. The van der Waals surface area contributed by atoms with Crippen LogP contribution in [0, 0.1) is 0 Å². The first-order chi connectivity index (χ1) is 25.2. The van der Waals surface area contributed by atoms with Crippen LogP contribution in [0.5, 0.6) is 5.75 Å². The van der Waals surface area contributed by atoms with Gasteiger partial charge in [0.1, 0.15) is 17.4 Å². The SMILES string of the molecule is CC(C)c1cc(C(C)C)c(-n2ccnc2-c2cccc(-c3cn(-c4c(C(C)C)cc(C(C)C)cc4C(C)C)c(-c4ccccc4O)n3)c2)c(C(C)C)c1. The van der Waals surface area contributed by atoms with E-state index in [-0.39, 0.29) is 17.6 Å². The third-order valence-corrected chi connectivity index (χ3v) is 10.6. The third kappa shape index (κ3) is 7.36. The zero-order chi connectivity index (χ0) is 38.3. The Labute approximate surface area is 317 Å². The lowest BCUT2D eigenvalue weighted by Crippen LogP contribution is -2.10. The van der Waals surface area contributed by atoms with Gasteiger partial charge in [-0.3, -0.25) is 9.13 Å². The molecule has 0 fully saturated rings. The number of hydrogen-bond donors (Lipinski definition) is 1. The van der Waals surface area contributed by atoms with Crippen LogP contribution in [0.4, 0.5) is 0 Å². The van der Waals surface area contributed by atoms with E-state index in [0.717, 1.165) is 34.2 Å². The lowest BCUT2D eigenvalue weighted by molar-refractivity contribution is 0.477. The highest BCUT2D eigenvalue weighted by Gasteiger charge is 2.25. The highest BCUT2D eigenvalue weighted by Crippen LogP contribution is 2.41. The van der Waals surface area contributed by atoms with Crippen LogP contribution in [0.1, 0.15) is 152 Å². The maximum atomic E-state index is 11.2. The number of para-hydroxylation sites is 1. The summed E-state index contributed by atoms with van der Waals surface area (Å²) in [4.78, 5) is 10.3. The Hall–Kier alpha value is -4.90. The van der Waals surface area contributed by atoms with Crippen LogP contribution in [-0.2, 0) is 0 Å². The molecular formula is C48H58N4O. The summed E-state index contributed by atoms with van der Waals surface area (Å²) in [6, 6.07) is 25.7. The van der Waals surface area contributed by atoms with E-state index in [0.29, 0.717) is 29.2 Å². The quantitative estimate of drug-likeness (QED) is 0.146. The largest absolute Gasteiger partial charge is 0.507 e. The molecule has 0 atom stereocenters. The number of aromatic hydroxyl groups is 1. The molecule has 1 N–H and O–H groups in total. The summed E-state index contributed by atoms with van der Waals surface area (Å²) in [5, 5.41) is 11.2. The molecule has 4 aromatic carbocycles. The average molecular weight is 707 g/mol. The van der Waals surface area contributed by atoms with Crippen molar-refractivity contribution in [1.29, 1.82) is 0 Å².